The minimum atomic E-state index is -4.61. The van der Waals surface area contributed by atoms with E-state index < -0.39 is 21.8 Å². The Morgan fingerprint density at radius 2 is 1.75 bits per heavy atom. The van der Waals surface area contributed by atoms with E-state index in [1.165, 1.54) is 10.4 Å². The molecule has 6 nitrogen and oxygen atoms in total. The molecule has 0 radical (unpaired) electrons. The summed E-state index contributed by atoms with van der Waals surface area (Å²) in [5.41, 5.74) is -1.36. The SMILES string of the molecule is C[C@H](C(=O)NC(C)(C)C)[NH+]1CCN(S(=O)(=O)c2cccc(C(F)(F)F)c2)CC1. The van der Waals surface area contributed by atoms with E-state index in [-0.39, 0.29) is 35.5 Å². The number of carbonyl (C=O) groups excluding carboxylic acids is 1. The predicted molar refractivity (Wildman–Crippen MR) is 98.3 cm³/mol. The fourth-order valence-corrected chi connectivity index (χ4v) is 4.58. The Kier molecular flexibility index (Phi) is 6.47. The molecule has 1 aliphatic heterocycles. The summed E-state index contributed by atoms with van der Waals surface area (Å²) in [5.74, 6) is -0.114. The molecular weight excluding hydrogens is 395 g/mol. The van der Waals surface area contributed by atoms with Gasteiger partial charge in [0.05, 0.1) is 36.6 Å². The van der Waals surface area contributed by atoms with Crippen LogP contribution in [0.2, 0.25) is 0 Å². The Hall–Kier alpha value is -1.65. The molecule has 10 heteroatoms. The number of sulfonamides is 1. The molecule has 1 fully saturated rings. The van der Waals surface area contributed by atoms with Crippen molar-refractivity contribution in [2.45, 2.75) is 50.3 Å². The van der Waals surface area contributed by atoms with Gasteiger partial charge in [0.1, 0.15) is 0 Å². The van der Waals surface area contributed by atoms with Crippen molar-refractivity contribution < 1.29 is 31.3 Å². The summed E-state index contributed by atoms with van der Waals surface area (Å²) in [6.07, 6.45) is -4.61. The van der Waals surface area contributed by atoms with Crippen molar-refractivity contribution >= 4 is 15.9 Å². The van der Waals surface area contributed by atoms with Crippen LogP contribution in [0.15, 0.2) is 29.2 Å². The highest BCUT2D eigenvalue weighted by atomic mass is 32.2. The van der Waals surface area contributed by atoms with Gasteiger partial charge in [0.25, 0.3) is 5.91 Å². The Morgan fingerprint density at radius 1 is 1.18 bits per heavy atom. The van der Waals surface area contributed by atoms with Gasteiger partial charge in [-0.25, -0.2) is 8.42 Å². The molecule has 0 aromatic heterocycles. The number of nitrogens with zero attached hydrogens (tertiary/aromatic N) is 1. The van der Waals surface area contributed by atoms with E-state index in [4.69, 9.17) is 0 Å². The number of quaternary nitrogens is 1. The number of piperazine rings is 1. The van der Waals surface area contributed by atoms with Gasteiger partial charge < -0.3 is 10.2 Å². The highest BCUT2D eigenvalue weighted by Gasteiger charge is 2.37. The van der Waals surface area contributed by atoms with Crippen LogP contribution < -0.4 is 10.2 Å². The number of hydrogen-bond acceptors (Lipinski definition) is 3. The number of rotatable bonds is 4. The van der Waals surface area contributed by atoms with Crippen LogP contribution in [-0.2, 0) is 21.0 Å². The second-order valence-electron chi connectivity index (χ2n) is 8.05. The zero-order valence-electron chi connectivity index (χ0n) is 16.4. The standard InChI is InChI=1S/C18H26F3N3O3S/c1-13(16(25)22-17(2,3)4)23-8-10-24(11-9-23)28(26,27)15-7-5-6-14(12-15)18(19,20)21/h5-7,12-13H,8-11H2,1-4H3,(H,22,25)/p+1/t13-/m1/s1. The number of amides is 1. The first-order valence-electron chi connectivity index (χ1n) is 9.06. The second kappa shape index (κ2) is 8.00. The summed E-state index contributed by atoms with van der Waals surface area (Å²) < 4.78 is 65.3. The van der Waals surface area contributed by atoms with Gasteiger partial charge in [-0.2, -0.15) is 17.5 Å². The lowest BCUT2D eigenvalue weighted by molar-refractivity contribution is -0.917. The van der Waals surface area contributed by atoms with E-state index in [9.17, 15) is 26.4 Å². The summed E-state index contributed by atoms with van der Waals surface area (Å²) in [6, 6.07) is 3.42. The van der Waals surface area contributed by atoms with Crippen LogP contribution in [0, 0.1) is 0 Å². The highest BCUT2D eigenvalue weighted by Crippen LogP contribution is 2.31. The lowest BCUT2D eigenvalue weighted by atomic mass is 10.1. The molecule has 0 unspecified atom stereocenters. The normalized spacial score (nSPS) is 18.7. The molecule has 1 saturated heterocycles. The van der Waals surface area contributed by atoms with E-state index in [2.05, 4.69) is 5.32 Å². The Labute approximate surface area is 163 Å². The lowest BCUT2D eigenvalue weighted by Crippen LogP contribution is -3.19. The van der Waals surface area contributed by atoms with Gasteiger partial charge in [0, 0.05) is 5.54 Å². The summed E-state index contributed by atoms with van der Waals surface area (Å²) in [7, 11) is -4.02. The van der Waals surface area contributed by atoms with Gasteiger partial charge in [-0.1, -0.05) is 6.07 Å². The van der Waals surface area contributed by atoms with Crippen molar-refractivity contribution in [3.05, 3.63) is 29.8 Å². The minimum Gasteiger partial charge on any atom is -0.346 e. The van der Waals surface area contributed by atoms with Gasteiger partial charge >= 0.3 is 6.18 Å². The Morgan fingerprint density at radius 3 is 2.25 bits per heavy atom. The third-order valence-electron chi connectivity index (χ3n) is 4.67. The van der Waals surface area contributed by atoms with Crippen molar-refractivity contribution in [3.8, 4) is 0 Å². The molecule has 0 bridgehead atoms. The van der Waals surface area contributed by atoms with Gasteiger partial charge in [0.15, 0.2) is 6.04 Å². The minimum absolute atomic E-state index is 0.114. The van der Waals surface area contributed by atoms with E-state index in [0.29, 0.717) is 19.2 Å². The molecule has 0 aliphatic carbocycles. The summed E-state index contributed by atoms with van der Waals surface area (Å²) >= 11 is 0. The third-order valence-corrected chi connectivity index (χ3v) is 6.56. The van der Waals surface area contributed by atoms with E-state index in [1.807, 2.05) is 20.8 Å². The summed E-state index contributed by atoms with van der Waals surface area (Å²) in [6.45, 7) is 8.51. The smallest absolute Gasteiger partial charge is 0.346 e. The molecule has 1 aliphatic rings. The molecule has 2 N–H and O–H groups in total. The van der Waals surface area contributed by atoms with Gasteiger partial charge in [0.2, 0.25) is 10.0 Å². The van der Waals surface area contributed by atoms with Crippen LogP contribution in [0.25, 0.3) is 0 Å². The zero-order chi connectivity index (χ0) is 21.3. The van der Waals surface area contributed by atoms with Crippen molar-refractivity contribution in [2.24, 2.45) is 0 Å². The van der Waals surface area contributed by atoms with Crippen LogP contribution in [0.3, 0.4) is 0 Å². The first-order chi connectivity index (χ1) is 12.7. The van der Waals surface area contributed by atoms with Crippen LogP contribution in [0.5, 0.6) is 0 Å². The lowest BCUT2D eigenvalue weighted by Gasteiger charge is -2.35. The van der Waals surface area contributed by atoms with Crippen molar-refractivity contribution in [1.29, 1.82) is 0 Å². The molecule has 0 spiro atoms. The van der Waals surface area contributed by atoms with Crippen molar-refractivity contribution in [2.75, 3.05) is 26.2 Å². The highest BCUT2D eigenvalue weighted by molar-refractivity contribution is 7.89. The number of benzene rings is 1. The van der Waals surface area contributed by atoms with Crippen LogP contribution in [-0.4, -0.2) is 56.4 Å². The average molecular weight is 422 g/mol. The number of carbonyl (C=O) groups is 1. The molecule has 1 heterocycles. The first kappa shape index (κ1) is 22.6. The number of hydrogen-bond donors (Lipinski definition) is 2. The molecule has 28 heavy (non-hydrogen) atoms. The fraction of sp³-hybridized carbons (Fsp3) is 0.611. The van der Waals surface area contributed by atoms with Crippen molar-refractivity contribution in [3.63, 3.8) is 0 Å². The molecule has 0 saturated carbocycles. The average Bonchev–Trinajstić information content (AvgIpc) is 2.59. The number of nitrogens with one attached hydrogen (secondary N) is 2. The Balaban J connectivity index is 2.07. The molecular formula is C18H27F3N3O3S+. The van der Waals surface area contributed by atoms with Gasteiger partial charge in [-0.3, -0.25) is 4.79 Å². The van der Waals surface area contributed by atoms with Crippen molar-refractivity contribution in [1.82, 2.24) is 9.62 Å². The zero-order valence-corrected chi connectivity index (χ0v) is 17.2. The van der Waals surface area contributed by atoms with E-state index in [0.717, 1.165) is 17.0 Å². The predicted octanol–water partition coefficient (Wildman–Crippen LogP) is 0.898. The molecule has 1 amide bonds. The second-order valence-corrected chi connectivity index (χ2v) is 9.99. The molecule has 1 atom stereocenters. The van der Waals surface area contributed by atoms with Crippen LogP contribution >= 0.6 is 0 Å². The molecule has 2 rings (SSSR count). The van der Waals surface area contributed by atoms with E-state index >= 15 is 0 Å². The molecule has 1 aromatic rings. The maximum Gasteiger partial charge on any atom is 0.416 e. The maximum atomic E-state index is 12.9. The number of halogens is 3. The third kappa shape index (κ3) is 5.45. The quantitative estimate of drug-likeness (QED) is 0.758. The molecule has 158 valence electrons. The Bertz CT molecular complexity index is 811. The topological polar surface area (TPSA) is 70.9 Å². The van der Waals surface area contributed by atoms with Crippen LogP contribution in [0.1, 0.15) is 33.3 Å². The summed E-state index contributed by atoms with van der Waals surface area (Å²) in [5, 5.41) is 2.91. The van der Waals surface area contributed by atoms with Gasteiger partial charge in [-0.05, 0) is 45.9 Å². The van der Waals surface area contributed by atoms with Crippen LogP contribution in [0.4, 0.5) is 13.2 Å². The van der Waals surface area contributed by atoms with Gasteiger partial charge in [-0.15, -0.1) is 0 Å². The summed E-state index contributed by atoms with van der Waals surface area (Å²) in [4.78, 5) is 12.9. The fourth-order valence-electron chi connectivity index (χ4n) is 3.09. The largest absolute Gasteiger partial charge is 0.416 e. The maximum absolute atomic E-state index is 12.9. The van der Waals surface area contributed by atoms with E-state index in [1.54, 1.807) is 6.92 Å². The molecule has 1 aromatic carbocycles. The monoisotopic (exact) mass is 422 g/mol. The first-order valence-corrected chi connectivity index (χ1v) is 10.5. The number of alkyl halides is 3.